The average molecular weight is 545 g/mol. The zero-order valence-electron chi connectivity index (χ0n) is 15.9. The van der Waals surface area contributed by atoms with Gasteiger partial charge in [0.25, 0.3) is 0 Å². The molecule has 154 valence electrons. The van der Waals surface area contributed by atoms with Gasteiger partial charge in [-0.1, -0.05) is 56.1 Å². The zero-order chi connectivity index (χ0) is 21.8. The van der Waals surface area contributed by atoms with E-state index < -0.39 is 11.7 Å². The standard InChI is InChI=1S/C25H14Br2F3N/c26-18-6-10-23-21(13-18)22-14-19(27)7-11-24(22)31(23)20-8-4-15(5-9-20)16-2-1-3-17(12-16)25(28,29)30/h1-14H. The molecule has 0 radical (unpaired) electrons. The topological polar surface area (TPSA) is 4.93 Å². The lowest BCUT2D eigenvalue weighted by Crippen LogP contribution is -2.04. The number of alkyl halides is 3. The van der Waals surface area contributed by atoms with Crippen LogP contribution in [0.4, 0.5) is 13.2 Å². The second-order valence-electron chi connectivity index (χ2n) is 7.28. The molecule has 5 rings (SSSR count). The van der Waals surface area contributed by atoms with Gasteiger partial charge in [0, 0.05) is 25.4 Å². The third-order valence-corrected chi connectivity index (χ3v) is 6.32. The molecule has 0 spiro atoms. The molecule has 0 aliphatic carbocycles. The van der Waals surface area contributed by atoms with E-state index in [2.05, 4.69) is 60.7 Å². The number of hydrogen-bond donors (Lipinski definition) is 0. The first-order valence-electron chi connectivity index (χ1n) is 9.48. The van der Waals surface area contributed by atoms with Crippen LogP contribution < -0.4 is 0 Å². The van der Waals surface area contributed by atoms with Gasteiger partial charge in [-0.25, -0.2) is 0 Å². The summed E-state index contributed by atoms with van der Waals surface area (Å²) in [5.41, 5.74) is 3.69. The minimum Gasteiger partial charge on any atom is -0.309 e. The number of aromatic nitrogens is 1. The van der Waals surface area contributed by atoms with Crippen LogP contribution in [0.1, 0.15) is 5.56 Å². The van der Waals surface area contributed by atoms with Crippen LogP contribution in [0.5, 0.6) is 0 Å². The van der Waals surface area contributed by atoms with Gasteiger partial charge in [0.2, 0.25) is 0 Å². The van der Waals surface area contributed by atoms with Gasteiger partial charge in [0.15, 0.2) is 0 Å². The molecule has 0 fully saturated rings. The van der Waals surface area contributed by atoms with E-state index >= 15 is 0 Å². The summed E-state index contributed by atoms with van der Waals surface area (Å²) in [6.07, 6.45) is -4.36. The maximum absolute atomic E-state index is 13.1. The van der Waals surface area contributed by atoms with Crippen molar-refractivity contribution in [2.75, 3.05) is 0 Å². The largest absolute Gasteiger partial charge is 0.416 e. The monoisotopic (exact) mass is 543 g/mol. The molecule has 4 aromatic carbocycles. The Balaban J connectivity index is 1.65. The van der Waals surface area contributed by atoms with Crippen LogP contribution in [-0.4, -0.2) is 4.57 Å². The molecule has 6 heteroatoms. The molecule has 0 saturated carbocycles. The van der Waals surface area contributed by atoms with Gasteiger partial charge in [-0.15, -0.1) is 0 Å². The van der Waals surface area contributed by atoms with Gasteiger partial charge in [-0.2, -0.15) is 13.2 Å². The maximum Gasteiger partial charge on any atom is 0.416 e. The second-order valence-corrected chi connectivity index (χ2v) is 9.12. The van der Waals surface area contributed by atoms with E-state index in [0.29, 0.717) is 5.56 Å². The predicted molar refractivity (Wildman–Crippen MR) is 127 cm³/mol. The summed E-state index contributed by atoms with van der Waals surface area (Å²) in [7, 11) is 0. The first kappa shape index (κ1) is 20.3. The molecule has 5 aromatic rings. The van der Waals surface area contributed by atoms with Crippen LogP contribution in [0.3, 0.4) is 0 Å². The molecule has 0 saturated heterocycles. The van der Waals surface area contributed by atoms with Gasteiger partial charge in [0.05, 0.1) is 16.6 Å². The molecule has 1 heterocycles. The Morgan fingerprint density at radius 3 is 1.74 bits per heavy atom. The fourth-order valence-corrected chi connectivity index (χ4v) is 4.65. The second kappa shape index (κ2) is 7.53. The number of benzene rings is 4. The van der Waals surface area contributed by atoms with E-state index in [0.717, 1.165) is 48.1 Å². The van der Waals surface area contributed by atoms with Gasteiger partial charge in [-0.05, 0) is 71.8 Å². The van der Waals surface area contributed by atoms with Crippen molar-refractivity contribution in [3.63, 3.8) is 0 Å². The van der Waals surface area contributed by atoms with Crippen LogP contribution in [0.2, 0.25) is 0 Å². The zero-order valence-corrected chi connectivity index (χ0v) is 19.1. The van der Waals surface area contributed by atoms with E-state index in [1.165, 1.54) is 12.1 Å². The van der Waals surface area contributed by atoms with Crippen molar-refractivity contribution in [3.05, 3.63) is 99.4 Å². The minimum atomic E-state index is -4.36. The van der Waals surface area contributed by atoms with Crippen LogP contribution in [0.25, 0.3) is 38.6 Å². The van der Waals surface area contributed by atoms with Crippen LogP contribution >= 0.6 is 31.9 Å². The molecule has 0 N–H and O–H groups in total. The molecule has 31 heavy (non-hydrogen) atoms. The Bertz CT molecular complexity index is 1370. The minimum absolute atomic E-state index is 0.538. The lowest BCUT2D eigenvalue weighted by molar-refractivity contribution is -0.137. The summed E-state index contributed by atoms with van der Waals surface area (Å²) in [5.74, 6) is 0. The first-order valence-corrected chi connectivity index (χ1v) is 11.1. The number of halogens is 5. The highest BCUT2D eigenvalue weighted by Gasteiger charge is 2.30. The van der Waals surface area contributed by atoms with Crippen LogP contribution in [0.15, 0.2) is 93.9 Å². The highest BCUT2D eigenvalue weighted by atomic mass is 79.9. The number of rotatable bonds is 2. The van der Waals surface area contributed by atoms with Gasteiger partial charge < -0.3 is 4.57 Å². The van der Waals surface area contributed by atoms with Crippen molar-refractivity contribution in [2.45, 2.75) is 6.18 Å². The Kier molecular flexibility index (Phi) is 4.94. The highest BCUT2D eigenvalue weighted by Crippen LogP contribution is 2.36. The van der Waals surface area contributed by atoms with Crippen molar-refractivity contribution in [1.29, 1.82) is 0 Å². The Morgan fingerprint density at radius 2 is 1.19 bits per heavy atom. The lowest BCUT2D eigenvalue weighted by Gasteiger charge is -2.11. The quantitative estimate of drug-likeness (QED) is 0.209. The first-order chi connectivity index (χ1) is 14.8. The molecule has 0 unspecified atom stereocenters. The Labute approximate surface area is 193 Å². The van der Waals surface area contributed by atoms with Crippen molar-refractivity contribution >= 4 is 53.7 Å². The fourth-order valence-electron chi connectivity index (χ4n) is 3.92. The van der Waals surface area contributed by atoms with Crippen LogP contribution in [-0.2, 0) is 6.18 Å². The van der Waals surface area contributed by atoms with Crippen molar-refractivity contribution in [2.24, 2.45) is 0 Å². The molecular formula is C25H14Br2F3N. The Morgan fingerprint density at radius 1 is 0.613 bits per heavy atom. The molecule has 0 bridgehead atoms. The van der Waals surface area contributed by atoms with Gasteiger partial charge in [-0.3, -0.25) is 0 Å². The van der Waals surface area contributed by atoms with E-state index in [-0.39, 0.29) is 0 Å². The molecule has 1 aromatic heterocycles. The predicted octanol–water partition coefficient (Wildman–Crippen LogP) is 8.99. The summed E-state index contributed by atoms with van der Waals surface area (Å²) in [5, 5.41) is 2.24. The van der Waals surface area contributed by atoms with Crippen molar-refractivity contribution in [3.8, 4) is 16.8 Å². The van der Waals surface area contributed by atoms with Crippen molar-refractivity contribution < 1.29 is 13.2 Å². The smallest absolute Gasteiger partial charge is 0.309 e. The molecule has 0 amide bonds. The van der Waals surface area contributed by atoms with Crippen molar-refractivity contribution in [1.82, 2.24) is 4.57 Å². The van der Waals surface area contributed by atoms with Gasteiger partial charge in [0.1, 0.15) is 0 Å². The molecule has 0 aliphatic heterocycles. The highest BCUT2D eigenvalue weighted by molar-refractivity contribution is 9.10. The summed E-state index contributed by atoms with van der Waals surface area (Å²) in [6, 6.07) is 25.3. The number of hydrogen-bond acceptors (Lipinski definition) is 0. The number of fused-ring (bicyclic) bond motifs is 3. The normalized spacial score (nSPS) is 12.0. The Hall–Kier alpha value is -2.57. The lowest BCUT2D eigenvalue weighted by atomic mass is 10.0. The SMILES string of the molecule is FC(F)(F)c1cccc(-c2ccc(-n3c4ccc(Br)cc4c4cc(Br)ccc43)cc2)c1. The maximum atomic E-state index is 13.1. The molecular weight excluding hydrogens is 531 g/mol. The van der Waals surface area contributed by atoms with E-state index in [1.807, 2.05) is 36.4 Å². The summed E-state index contributed by atoms with van der Waals surface area (Å²) >= 11 is 7.11. The average Bonchev–Trinajstić information content (AvgIpc) is 3.06. The summed E-state index contributed by atoms with van der Waals surface area (Å²) < 4.78 is 43.4. The van der Waals surface area contributed by atoms with Crippen LogP contribution in [0, 0.1) is 0 Å². The fraction of sp³-hybridized carbons (Fsp3) is 0.0400. The van der Waals surface area contributed by atoms with Gasteiger partial charge >= 0.3 is 6.18 Å². The summed E-state index contributed by atoms with van der Waals surface area (Å²) in [6.45, 7) is 0. The molecule has 1 nitrogen and oxygen atoms in total. The van der Waals surface area contributed by atoms with E-state index in [9.17, 15) is 13.2 Å². The number of nitrogens with zero attached hydrogens (tertiary/aromatic N) is 1. The molecule has 0 atom stereocenters. The third kappa shape index (κ3) is 3.68. The third-order valence-electron chi connectivity index (χ3n) is 5.34. The van der Waals surface area contributed by atoms with E-state index in [1.54, 1.807) is 6.07 Å². The molecule has 0 aliphatic rings. The summed E-state index contributed by atoms with van der Waals surface area (Å²) in [4.78, 5) is 0. The van der Waals surface area contributed by atoms with E-state index in [4.69, 9.17) is 0 Å².